The SMILES string of the molecule is CC(C)P(C(C)C)C(C)C.CC(C)P(C(C)C)C(C)C.CC(C)P(C(C)C)C(C)C.CC(C)P(C(C)C)C(C)C.[B].[Cl][Os][Cl].[H-].[Na+].[Os]. The molecule has 0 unspecified atom stereocenters. The number of hydrogen-bond acceptors (Lipinski definition) is 0. The molecule has 0 saturated carbocycles. The van der Waals surface area contributed by atoms with Crippen LogP contribution >= 0.6 is 51.0 Å². The van der Waals surface area contributed by atoms with Crippen LogP contribution in [-0.2, 0) is 35.2 Å². The summed E-state index contributed by atoms with van der Waals surface area (Å²) in [7, 11) is 10.9. The Labute approximate surface area is 355 Å². The van der Waals surface area contributed by atoms with Crippen molar-refractivity contribution in [2.75, 3.05) is 0 Å². The van der Waals surface area contributed by atoms with E-state index in [2.05, 4.69) is 166 Å². The van der Waals surface area contributed by atoms with Crippen molar-refractivity contribution in [3.05, 3.63) is 0 Å². The fourth-order valence-corrected chi connectivity index (χ4v) is 21.5. The molecule has 0 saturated heterocycles. The van der Waals surface area contributed by atoms with Crippen LogP contribution in [0.4, 0.5) is 0 Å². The quantitative estimate of drug-likeness (QED) is 0.135. The molecule has 3 radical (unpaired) electrons. The maximum Gasteiger partial charge on any atom is 1.00 e. The molecular formula is C36H85BCl2NaOs2P4. The van der Waals surface area contributed by atoms with Crippen LogP contribution in [0.1, 0.15) is 168 Å². The zero-order valence-electron chi connectivity index (χ0n) is 36.8. The van der Waals surface area contributed by atoms with Crippen molar-refractivity contribution in [1.82, 2.24) is 0 Å². The Morgan fingerprint density at radius 1 is 0.304 bits per heavy atom. The Morgan fingerprint density at radius 2 is 0.348 bits per heavy atom. The number of rotatable bonds is 12. The summed E-state index contributed by atoms with van der Waals surface area (Å²) in [5, 5.41) is 0. The molecule has 0 aromatic carbocycles. The van der Waals surface area contributed by atoms with Gasteiger partial charge in [-0.25, -0.2) is 0 Å². The van der Waals surface area contributed by atoms with Crippen LogP contribution in [0, 0.1) is 0 Å². The molecule has 46 heavy (non-hydrogen) atoms. The molecule has 0 heterocycles. The summed E-state index contributed by atoms with van der Waals surface area (Å²) >= 11 is -0.639. The van der Waals surface area contributed by atoms with Crippen molar-refractivity contribution >= 4 is 59.4 Å². The van der Waals surface area contributed by atoms with Crippen LogP contribution in [0.2, 0.25) is 0 Å². The van der Waals surface area contributed by atoms with E-state index in [1.807, 2.05) is 0 Å². The number of halogens is 2. The van der Waals surface area contributed by atoms with Crippen LogP contribution in [0.15, 0.2) is 0 Å². The summed E-state index contributed by atoms with van der Waals surface area (Å²) in [6.07, 6.45) is 0. The Hall–Kier alpha value is 4.64. The molecule has 0 aromatic heterocycles. The van der Waals surface area contributed by atoms with Crippen LogP contribution < -0.4 is 29.6 Å². The van der Waals surface area contributed by atoms with Gasteiger partial charge in [0.1, 0.15) is 0 Å². The normalized spacial score (nSPS) is 11.4. The summed E-state index contributed by atoms with van der Waals surface area (Å²) in [6, 6.07) is 0. The van der Waals surface area contributed by atoms with Gasteiger partial charge >= 0.3 is 64.2 Å². The number of hydrogen-bond donors (Lipinski definition) is 0. The van der Waals surface area contributed by atoms with E-state index in [-0.39, 0.29) is 90.9 Å². The summed E-state index contributed by atoms with van der Waals surface area (Å²) in [4.78, 5) is 0. The molecule has 0 rings (SSSR count). The first-order chi connectivity index (χ1) is 19.3. The third-order valence-electron chi connectivity index (χ3n) is 7.16. The molecule has 0 aromatic rings. The van der Waals surface area contributed by atoms with Crippen LogP contribution in [0.3, 0.4) is 0 Å². The van der Waals surface area contributed by atoms with Crippen LogP contribution in [0.5, 0.6) is 0 Å². The first kappa shape index (κ1) is 68.6. The fraction of sp³-hybridized carbons (Fsp3) is 1.00. The van der Waals surface area contributed by atoms with Crippen molar-refractivity contribution in [1.29, 1.82) is 0 Å². The van der Waals surface area contributed by atoms with Gasteiger partial charge in [0.15, 0.2) is 0 Å². The largest absolute Gasteiger partial charge is 1.00 e. The molecular weight excluding hydrogens is 1040 g/mol. The summed E-state index contributed by atoms with van der Waals surface area (Å²) in [5.74, 6) is 0. The van der Waals surface area contributed by atoms with E-state index in [9.17, 15) is 0 Å². The Morgan fingerprint density at radius 3 is 0.348 bits per heavy atom. The second kappa shape index (κ2) is 40.8. The standard InChI is InChI=1S/4C9H21P.B.2ClH.Na.2Os.H/c4*1-7(2)10(8(3)4)9(5)6;;;;;;;/h4*7-9H,1-6H3;;2*1H;;;;/q;;;;;;;+1;;+2;-1/p-2. The second-order valence-corrected chi connectivity index (χ2v) is 34.6. The third-order valence-corrected chi connectivity index (χ3v) is 21.5. The Balaban J connectivity index is -0.0000000553. The van der Waals surface area contributed by atoms with Gasteiger partial charge in [-0.3, -0.25) is 0 Å². The van der Waals surface area contributed by atoms with Crippen molar-refractivity contribution < 1.29 is 66.2 Å². The summed E-state index contributed by atoms with van der Waals surface area (Å²) < 4.78 is 0. The van der Waals surface area contributed by atoms with Crippen LogP contribution in [0.25, 0.3) is 0 Å². The molecule has 0 N–H and O–H groups in total. The molecule has 283 valence electrons. The Bertz CT molecular complexity index is 417. The first-order valence-electron chi connectivity index (χ1n) is 17.2. The minimum atomic E-state index is -0.639. The predicted molar refractivity (Wildman–Crippen MR) is 228 cm³/mol. The van der Waals surface area contributed by atoms with Crippen molar-refractivity contribution in [3.63, 3.8) is 0 Å². The molecule has 0 amide bonds. The van der Waals surface area contributed by atoms with E-state index < -0.39 is 15.4 Å². The van der Waals surface area contributed by atoms with E-state index in [1.54, 1.807) is 0 Å². The van der Waals surface area contributed by atoms with E-state index in [1.165, 1.54) is 0 Å². The average molecular weight is 1130 g/mol. The second-order valence-electron chi connectivity index (χ2n) is 15.0. The van der Waals surface area contributed by atoms with Crippen LogP contribution in [-0.4, -0.2) is 76.3 Å². The van der Waals surface area contributed by atoms with E-state index in [0.717, 1.165) is 67.9 Å². The molecule has 0 bridgehead atoms. The minimum absolute atomic E-state index is 0. The minimum Gasteiger partial charge on any atom is -1.00 e. The van der Waals surface area contributed by atoms with E-state index >= 15 is 0 Å². The molecule has 0 aliphatic rings. The molecule has 0 atom stereocenters. The van der Waals surface area contributed by atoms with Gasteiger partial charge in [0.2, 0.25) is 0 Å². The summed E-state index contributed by atoms with van der Waals surface area (Å²) in [6.45, 7) is 56.5. The molecule has 0 aliphatic carbocycles. The molecule has 0 aliphatic heterocycles. The third kappa shape index (κ3) is 39.8. The average Bonchev–Trinajstić information content (AvgIpc) is 2.71. The fourth-order valence-electron chi connectivity index (χ4n) is 7.16. The van der Waals surface area contributed by atoms with Gasteiger partial charge in [0.25, 0.3) is 0 Å². The molecule has 0 fully saturated rings. The Kier molecular flexibility index (Phi) is 60.9. The van der Waals surface area contributed by atoms with Gasteiger partial charge in [-0.2, -0.15) is 0 Å². The monoisotopic (exact) mass is 1130 g/mol. The molecule has 0 spiro atoms. The van der Waals surface area contributed by atoms with Crippen molar-refractivity contribution in [3.8, 4) is 0 Å². The summed E-state index contributed by atoms with van der Waals surface area (Å²) in [5.41, 5.74) is 10.8. The van der Waals surface area contributed by atoms with Gasteiger partial charge in [-0.15, -0.1) is 0 Å². The molecule has 10 heteroatoms. The maximum absolute atomic E-state index is 4.90. The van der Waals surface area contributed by atoms with E-state index in [4.69, 9.17) is 19.3 Å². The van der Waals surface area contributed by atoms with Gasteiger partial charge in [0, 0.05) is 28.2 Å². The van der Waals surface area contributed by atoms with Gasteiger partial charge in [-0.05, 0) is 67.9 Å². The first-order valence-corrected chi connectivity index (χ1v) is 29.7. The zero-order chi connectivity index (χ0) is 35.9. The van der Waals surface area contributed by atoms with Gasteiger partial charge in [-0.1, -0.05) is 198 Å². The smallest absolute Gasteiger partial charge is 1.00 e. The van der Waals surface area contributed by atoms with Crippen molar-refractivity contribution in [2.24, 2.45) is 0 Å². The topological polar surface area (TPSA) is 0 Å². The van der Waals surface area contributed by atoms with Gasteiger partial charge < -0.3 is 1.43 Å². The van der Waals surface area contributed by atoms with E-state index in [0.29, 0.717) is 0 Å². The predicted octanol–water partition coefficient (Wildman–Crippen LogP) is 12.9. The van der Waals surface area contributed by atoms with Crippen molar-refractivity contribution in [2.45, 2.75) is 234 Å². The van der Waals surface area contributed by atoms with Gasteiger partial charge in [0.05, 0.1) is 0 Å². The molecule has 0 nitrogen and oxygen atoms in total. The maximum atomic E-state index is 4.90. The zero-order valence-corrected chi connectivity index (χ0v) is 47.9.